The first-order valence-electron chi connectivity index (χ1n) is 6.26. The molecular formula is C13H14N6O2. The van der Waals surface area contributed by atoms with E-state index in [4.69, 9.17) is 10.6 Å². The monoisotopic (exact) mass is 286 g/mol. The maximum Gasteiger partial charge on any atom is 0.244 e. The lowest BCUT2D eigenvalue weighted by Crippen LogP contribution is -2.35. The van der Waals surface area contributed by atoms with E-state index in [0.717, 1.165) is 11.4 Å². The van der Waals surface area contributed by atoms with Crippen LogP contribution in [0.5, 0.6) is 5.75 Å². The van der Waals surface area contributed by atoms with Crippen LogP contribution in [0.25, 0.3) is 0 Å². The molecule has 0 aliphatic carbocycles. The van der Waals surface area contributed by atoms with Gasteiger partial charge in [-0.2, -0.15) is 0 Å². The van der Waals surface area contributed by atoms with Gasteiger partial charge in [0.2, 0.25) is 11.7 Å². The summed E-state index contributed by atoms with van der Waals surface area (Å²) in [4.78, 5) is 21.9. The van der Waals surface area contributed by atoms with Gasteiger partial charge in [0.1, 0.15) is 12.9 Å². The van der Waals surface area contributed by atoms with Crippen molar-refractivity contribution in [2.24, 2.45) is 5.84 Å². The average molecular weight is 286 g/mol. The number of anilines is 4. The molecule has 1 aromatic carbocycles. The van der Waals surface area contributed by atoms with Gasteiger partial charge in [-0.1, -0.05) is 12.1 Å². The lowest BCUT2D eigenvalue weighted by atomic mass is 10.2. The van der Waals surface area contributed by atoms with Crippen LogP contribution in [-0.2, 0) is 4.79 Å². The molecule has 1 aliphatic heterocycles. The van der Waals surface area contributed by atoms with E-state index in [1.165, 1.54) is 13.4 Å². The predicted octanol–water partition coefficient (Wildman–Crippen LogP) is 0.861. The van der Waals surface area contributed by atoms with E-state index in [9.17, 15) is 4.79 Å². The Bertz CT molecular complexity index is 690. The van der Waals surface area contributed by atoms with Crippen LogP contribution < -0.4 is 26.2 Å². The topological polar surface area (TPSA) is 105 Å². The SMILES string of the molecule is COc1c(NN)ncnc1N1CC(=O)Nc2ccccc21. The van der Waals surface area contributed by atoms with Crippen molar-refractivity contribution in [2.45, 2.75) is 0 Å². The summed E-state index contributed by atoms with van der Waals surface area (Å²) >= 11 is 0. The van der Waals surface area contributed by atoms with Crippen LogP contribution in [0.4, 0.5) is 23.0 Å². The number of nitrogens with zero attached hydrogens (tertiary/aromatic N) is 3. The lowest BCUT2D eigenvalue weighted by molar-refractivity contribution is -0.115. The van der Waals surface area contributed by atoms with Crippen LogP contribution >= 0.6 is 0 Å². The number of nitrogens with two attached hydrogens (primary N) is 1. The first-order valence-corrected chi connectivity index (χ1v) is 6.26. The Morgan fingerprint density at radius 2 is 2.19 bits per heavy atom. The second kappa shape index (κ2) is 5.25. The molecule has 0 saturated carbocycles. The molecule has 8 heteroatoms. The first kappa shape index (κ1) is 13.1. The van der Waals surface area contributed by atoms with Gasteiger partial charge in [-0.25, -0.2) is 15.8 Å². The van der Waals surface area contributed by atoms with Crippen molar-refractivity contribution in [2.75, 3.05) is 29.3 Å². The number of nitrogens with one attached hydrogen (secondary N) is 2. The third kappa shape index (κ3) is 2.21. The van der Waals surface area contributed by atoms with Crippen molar-refractivity contribution < 1.29 is 9.53 Å². The van der Waals surface area contributed by atoms with Gasteiger partial charge in [0.15, 0.2) is 11.6 Å². The summed E-state index contributed by atoms with van der Waals surface area (Å²) in [6.07, 6.45) is 1.36. The van der Waals surface area contributed by atoms with Crippen LogP contribution in [0.2, 0.25) is 0 Å². The van der Waals surface area contributed by atoms with Gasteiger partial charge in [-0.15, -0.1) is 0 Å². The lowest BCUT2D eigenvalue weighted by Gasteiger charge is -2.30. The molecule has 21 heavy (non-hydrogen) atoms. The van der Waals surface area contributed by atoms with Crippen molar-refractivity contribution in [1.29, 1.82) is 0 Å². The van der Waals surface area contributed by atoms with Gasteiger partial charge in [0.05, 0.1) is 18.5 Å². The van der Waals surface area contributed by atoms with Crippen LogP contribution in [0.1, 0.15) is 0 Å². The largest absolute Gasteiger partial charge is 0.490 e. The Labute approximate surface area is 120 Å². The molecule has 2 heterocycles. The van der Waals surface area contributed by atoms with E-state index >= 15 is 0 Å². The number of methoxy groups -OCH3 is 1. The van der Waals surface area contributed by atoms with Crippen molar-refractivity contribution in [1.82, 2.24) is 9.97 Å². The highest BCUT2D eigenvalue weighted by Crippen LogP contribution is 2.39. The van der Waals surface area contributed by atoms with Crippen LogP contribution in [0.3, 0.4) is 0 Å². The standard InChI is InChI=1S/C13H14N6O2/c1-21-11-12(18-14)15-7-16-13(11)19-6-10(20)17-8-4-2-3-5-9(8)19/h2-5,7H,6,14H2,1H3,(H,17,20)(H,15,16,18). The smallest absolute Gasteiger partial charge is 0.244 e. The van der Waals surface area contributed by atoms with E-state index in [1.54, 1.807) is 4.90 Å². The molecule has 4 N–H and O–H groups in total. The molecule has 0 atom stereocenters. The van der Waals surface area contributed by atoms with Gasteiger partial charge in [0, 0.05) is 0 Å². The average Bonchev–Trinajstić information content (AvgIpc) is 2.53. The number of carbonyl (C=O) groups is 1. The molecule has 3 rings (SSSR count). The molecular weight excluding hydrogens is 272 g/mol. The fourth-order valence-corrected chi connectivity index (χ4v) is 2.27. The van der Waals surface area contributed by atoms with E-state index in [1.807, 2.05) is 24.3 Å². The first-order chi connectivity index (χ1) is 10.2. The van der Waals surface area contributed by atoms with E-state index in [-0.39, 0.29) is 12.5 Å². The fourth-order valence-electron chi connectivity index (χ4n) is 2.27. The molecule has 1 aliphatic rings. The Hall–Kier alpha value is -2.87. The Balaban J connectivity index is 2.15. The van der Waals surface area contributed by atoms with Crippen LogP contribution in [0.15, 0.2) is 30.6 Å². The highest BCUT2D eigenvalue weighted by Gasteiger charge is 2.27. The van der Waals surface area contributed by atoms with Crippen LogP contribution in [0, 0.1) is 0 Å². The maximum atomic E-state index is 11.9. The number of carbonyl (C=O) groups excluding carboxylic acids is 1. The van der Waals surface area contributed by atoms with Crippen molar-refractivity contribution in [3.8, 4) is 5.75 Å². The Morgan fingerprint density at radius 1 is 1.38 bits per heavy atom. The highest BCUT2D eigenvalue weighted by molar-refractivity contribution is 6.03. The second-order valence-corrected chi connectivity index (χ2v) is 4.37. The van der Waals surface area contributed by atoms with Crippen LogP contribution in [-0.4, -0.2) is 29.5 Å². The molecule has 1 aromatic heterocycles. The minimum atomic E-state index is -0.128. The van der Waals surface area contributed by atoms with E-state index in [2.05, 4.69) is 20.7 Å². The van der Waals surface area contributed by atoms with Gasteiger partial charge in [0.25, 0.3) is 0 Å². The molecule has 2 aromatic rings. The van der Waals surface area contributed by atoms with Gasteiger partial charge >= 0.3 is 0 Å². The van der Waals surface area contributed by atoms with Gasteiger partial charge in [-0.05, 0) is 12.1 Å². The molecule has 1 amide bonds. The number of nitrogen functional groups attached to an aromatic ring is 1. The number of rotatable bonds is 3. The Morgan fingerprint density at radius 3 is 2.95 bits per heavy atom. The molecule has 0 radical (unpaired) electrons. The van der Waals surface area contributed by atoms with Gasteiger partial charge < -0.3 is 20.4 Å². The normalized spacial score (nSPS) is 13.4. The zero-order chi connectivity index (χ0) is 14.8. The third-order valence-corrected chi connectivity index (χ3v) is 3.15. The predicted molar refractivity (Wildman–Crippen MR) is 78.5 cm³/mol. The molecule has 108 valence electrons. The van der Waals surface area contributed by atoms with Crippen molar-refractivity contribution >= 4 is 28.9 Å². The van der Waals surface area contributed by atoms with E-state index in [0.29, 0.717) is 17.4 Å². The molecule has 0 unspecified atom stereocenters. The molecule has 0 saturated heterocycles. The maximum absolute atomic E-state index is 11.9. The number of hydrogen-bond acceptors (Lipinski definition) is 7. The number of aromatic nitrogens is 2. The summed E-state index contributed by atoms with van der Waals surface area (Å²) in [6, 6.07) is 7.47. The quantitative estimate of drug-likeness (QED) is 0.567. The zero-order valence-corrected chi connectivity index (χ0v) is 11.3. The van der Waals surface area contributed by atoms with Crippen molar-refractivity contribution in [3.63, 3.8) is 0 Å². The number of hydrogen-bond donors (Lipinski definition) is 3. The van der Waals surface area contributed by atoms with E-state index < -0.39 is 0 Å². The zero-order valence-electron chi connectivity index (χ0n) is 11.3. The number of amides is 1. The molecule has 0 bridgehead atoms. The summed E-state index contributed by atoms with van der Waals surface area (Å²) < 4.78 is 5.33. The fraction of sp³-hybridized carbons (Fsp3) is 0.154. The summed E-state index contributed by atoms with van der Waals surface area (Å²) in [5.74, 6) is 6.51. The number of hydrazine groups is 1. The molecule has 0 fully saturated rings. The number of benzene rings is 1. The number of fused-ring (bicyclic) bond motifs is 1. The minimum absolute atomic E-state index is 0.128. The summed E-state index contributed by atoms with van der Waals surface area (Å²) in [5.41, 5.74) is 4.01. The van der Waals surface area contributed by atoms with Crippen molar-refractivity contribution in [3.05, 3.63) is 30.6 Å². The van der Waals surface area contributed by atoms with Gasteiger partial charge in [-0.3, -0.25) is 4.79 Å². The number of ether oxygens (including phenoxy) is 1. The molecule has 0 spiro atoms. The molecule has 8 nitrogen and oxygen atoms in total. The summed E-state index contributed by atoms with van der Waals surface area (Å²) in [5, 5.41) is 2.82. The minimum Gasteiger partial charge on any atom is -0.490 e. The third-order valence-electron chi connectivity index (χ3n) is 3.15. The second-order valence-electron chi connectivity index (χ2n) is 4.37. The number of para-hydroxylation sites is 2. The highest BCUT2D eigenvalue weighted by atomic mass is 16.5. The summed E-state index contributed by atoms with van der Waals surface area (Å²) in [6.45, 7) is 0.133. The Kier molecular flexibility index (Phi) is 3.28. The summed E-state index contributed by atoms with van der Waals surface area (Å²) in [7, 11) is 1.50.